The third-order valence-corrected chi connectivity index (χ3v) is 21.2. The summed E-state index contributed by atoms with van der Waals surface area (Å²) in [7, 11) is -2.56. The highest BCUT2D eigenvalue weighted by Crippen LogP contribution is 2.54. The second-order valence-electron chi connectivity index (χ2n) is 24.0. The predicted octanol–water partition coefficient (Wildman–Crippen LogP) is 22.9. The smallest absolute Gasteiger partial charge is 0.0587 e. The van der Waals surface area contributed by atoms with Gasteiger partial charge in [-0.3, -0.25) is 0 Å². The highest BCUT2D eigenvalue weighted by molar-refractivity contribution is 8.01. The molecular weight excluding hydrogens is 1140 g/mol. The van der Waals surface area contributed by atoms with Crippen molar-refractivity contribution in [2.75, 3.05) is 0 Å². The Kier molecular flexibility index (Phi) is 20.2. The van der Waals surface area contributed by atoms with Gasteiger partial charge >= 0.3 is 0 Å². The van der Waals surface area contributed by atoms with E-state index in [-0.39, 0.29) is 0 Å². The van der Waals surface area contributed by atoms with Gasteiger partial charge in [0, 0.05) is 0 Å². The summed E-state index contributed by atoms with van der Waals surface area (Å²) in [5.41, 5.74) is 23.7. The SMILES string of the molecule is Cc1ccc(/C=C/c2ccc(/C=C/c3ccc([P+](c4ccc(/C=C/c5ccc(/C=C/c6ccc(C)cc6)cc5)cc4)(c4ccc(/C=C/c5ccc(/C=C/c6ccc(C)cc6)cc5)cc4)c4ccc(/C=C/c5ccc(/C=C/c6ccc(C)cc6)cc5)cc4)cc3)cc2)cc1. The Morgan fingerprint density at radius 2 is 0.215 bits per heavy atom. The molecule has 0 saturated carbocycles. The monoisotopic (exact) mass is 1210 g/mol. The quantitative estimate of drug-likeness (QED) is 0.0527. The van der Waals surface area contributed by atoms with Crippen LogP contribution < -0.4 is 21.2 Å². The van der Waals surface area contributed by atoms with Crippen LogP contribution in [0.3, 0.4) is 0 Å². The molecule has 0 aliphatic heterocycles. The first-order chi connectivity index (χ1) is 45.6. The summed E-state index contributed by atoms with van der Waals surface area (Å²) in [5.74, 6) is 0. The first kappa shape index (κ1) is 62.2. The lowest BCUT2D eigenvalue weighted by Gasteiger charge is -2.28. The molecule has 12 rings (SSSR count). The average Bonchev–Trinajstić information content (AvgIpc) is 0.743. The predicted molar refractivity (Wildman–Crippen MR) is 413 cm³/mol. The second kappa shape index (κ2) is 30.2. The highest BCUT2D eigenvalue weighted by atomic mass is 31.2. The van der Waals surface area contributed by atoms with E-state index < -0.39 is 7.26 Å². The molecule has 448 valence electrons. The zero-order valence-electron chi connectivity index (χ0n) is 53.4. The van der Waals surface area contributed by atoms with E-state index in [1.807, 2.05) is 0 Å². The summed E-state index contributed by atoms with van der Waals surface area (Å²) in [5, 5.41) is 5.13. The van der Waals surface area contributed by atoms with Gasteiger partial charge in [-0.15, -0.1) is 0 Å². The van der Waals surface area contributed by atoms with Crippen LogP contribution >= 0.6 is 7.26 Å². The van der Waals surface area contributed by atoms with E-state index >= 15 is 0 Å². The fourth-order valence-electron chi connectivity index (χ4n) is 11.3. The minimum Gasteiger partial charge on any atom is -0.0587 e. The Morgan fingerprint density at radius 3 is 0.323 bits per heavy atom. The van der Waals surface area contributed by atoms with Crippen molar-refractivity contribution in [3.63, 3.8) is 0 Å². The third kappa shape index (κ3) is 16.9. The molecule has 0 N–H and O–H groups in total. The molecule has 0 fully saturated rings. The van der Waals surface area contributed by atoms with Crippen molar-refractivity contribution < 1.29 is 0 Å². The van der Waals surface area contributed by atoms with Crippen LogP contribution in [0.5, 0.6) is 0 Å². The van der Waals surface area contributed by atoms with Gasteiger partial charge in [-0.1, -0.05) is 362 Å². The summed E-state index contributed by atoms with van der Waals surface area (Å²) >= 11 is 0. The average molecular weight is 1210 g/mol. The number of hydrogen-bond acceptors (Lipinski definition) is 0. The Bertz CT molecular complexity index is 4030. The summed E-state index contributed by atoms with van der Waals surface area (Å²) in [6.07, 6.45) is 35.2. The highest BCUT2D eigenvalue weighted by Gasteiger charge is 2.48. The van der Waals surface area contributed by atoms with Crippen LogP contribution in [0.4, 0.5) is 0 Å². The molecule has 0 unspecified atom stereocenters. The molecule has 0 aliphatic rings. The van der Waals surface area contributed by atoms with Crippen LogP contribution in [0.25, 0.3) is 97.2 Å². The molecule has 1 heteroatoms. The lowest BCUT2D eigenvalue weighted by atomic mass is 10.1. The first-order valence-electron chi connectivity index (χ1n) is 32.0. The van der Waals surface area contributed by atoms with Gasteiger partial charge in [-0.25, -0.2) is 0 Å². The standard InChI is InChI=1S/C92H76P/c1-69-5-13-73(14-6-69)21-25-77-29-37-81(38-30-77)45-49-85-53-61-89(62-54-85)93(90-63-55-86(56-64-90)50-46-82-39-31-78(32-40-82)26-22-74-15-7-70(2)8-16-74,91-65-57-87(58-66-91)51-47-83-41-33-79(34-42-83)27-23-75-17-9-71(3)10-18-75)92-67-59-88(60-68-92)52-48-84-43-35-80(36-44-84)28-24-76-19-11-72(4)12-20-76/h5-68H,1-4H3/q+1/b25-21+,26-22+,27-23+,28-24+,49-45+,50-46+,51-47+,52-48+. The molecule has 0 nitrogen and oxygen atoms in total. The van der Waals surface area contributed by atoms with Gasteiger partial charge in [-0.2, -0.15) is 0 Å². The Morgan fingerprint density at radius 1 is 0.129 bits per heavy atom. The van der Waals surface area contributed by atoms with Crippen molar-refractivity contribution in [3.8, 4) is 0 Å². The number of aryl methyl sites for hydroxylation is 4. The van der Waals surface area contributed by atoms with Gasteiger partial charge in [-0.05, 0) is 165 Å². The van der Waals surface area contributed by atoms with Gasteiger partial charge in [0.2, 0.25) is 0 Å². The van der Waals surface area contributed by atoms with E-state index in [4.69, 9.17) is 0 Å². The van der Waals surface area contributed by atoms with Crippen LogP contribution in [-0.4, -0.2) is 0 Å². The van der Waals surface area contributed by atoms with E-state index in [9.17, 15) is 0 Å². The van der Waals surface area contributed by atoms with Gasteiger partial charge in [0.05, 0.1) is 0 Å². The maximum Gasteiger partial charge on any atom is 0.144 e. The van der Waals surface area contributed by atoms with E-state index in [2.05, 4.69) is 416 Å². The molecule has 0 atom stereocenters. The fourth-order valence-corrected chi connectivity index (χ4v) is 15.4. The number of benzene rings is 12. The zero-order valence-corrected chi connectivity index (χ0v) is 54.3. The van der Waals surface area contributed by atoms with Crippen LogP contribution in [0.1, 0.15) is 111 Å². The van der Waals surface area contributed by atoms with Gasteiger partial charge < -0.3 is 0 Å². The Hall–Kier alpha value is -11.0. The van der Waals surface area contributed by atoms with Crippen LogP contribution in [-0.2, 0) is 0 Å². The van der Waals surface area contributed by atoms with Gasteiger partial charge in [0.1, 0.15) is 28.5 Å². The van der Waals surface area contributed by atoms with Crippen molar-refractivity contribution in [2.24, 2.45) is 0 Å². The molecule has 0 aromatic heterocycles. The maximum atomic E-state index is 2.38. The van der Waals surface area contributed by atoms with Gasteiger partial charge in [0.15, 0.2) is 0 Å². The van der Waals surface area contributed by atoms with Crippen molar-refractivity contribution >= 4 is 126 Å². The molecule has 0 aliphatic carbocycles. The molecule has 0 heterocycles. The summed E-state index contributed by atoms with van der Waals surface area (Å²) in [6.45, 7) is 8.48. The normalized spacial score (nSPS) is 12.2. The van der Waals surface area contributed by atoms with E-state index in [1.54, 1.807) is 0 Å². The third-order valence-electron chi connectivity index (χ3n) is 16.9. The summed E-state index contributed by atoms with van der Waals surface area (Å²) in [4.78, 5) is 0. The lowest BCUT2D eigenvalue weighted by Crippen LogP contribution is -2.38. The van der Waals surface area contributed by atoms with Crippen LogP contribution in [0.15, 0.2) is 291 Å². The topological polar surface area (TPSA) is 0 Å². The second-order valence-corrected chi connectivity index (χ2v) is 27.4. The van der Waals surface area contributed by atoms with Crippen LogP contribution in [0.2, 0.25) is 0 Å². The minimum atomic E-state index is -2.56. The van der Waals surface area contributed by atoms with E-state index in [0.29, 0.717) is 0 Å². The molecule has 0 spiro atoms. The fraction of sp³-hybridized carbons (Fsp3) is 0.0435. The first-order valence-corrected chi connectivity index (χ1v) is 33.8. The number of rotatable bonds is 20. The zero-order chi connectivity index (χ0) is 63.6. The summed E-state index contributed by atoms with van der Waals surface area (Å²) in [6, 6.07) is 107. The molecule has 93 heavy (non-hydrogen) atoms. The van der Waals surface area contributed by atoms with E-state index in [1.165, 1.54) is 88.0 Å². The molecule has 0 bridgehead atoms. The minimum absolute atomic E-state index is 1.14. The van der Waals surface area contributed by atoms with Crippen LogP contribution in [0, 0.1) is 27.7 Å². The molecule has 0 amide bonds. The molecular formula is C92H76P+. The summed E-state index contributed by atoms with van der Waals surface area (Å²) < 4.78 is 0. The Labute approximate surface area is 552 Å². The van der Waals surface area contributed by atoms with Gasteiger partial charge in [0.25, 0.3) is 0 Å². The maximum absolute atomic E-state index is 2.56. The van der Waals surface area contributed by atoms with E-state index in [0.717, 1.165) is 44.5 Å². The molecule has 12 aromatic rings. The Balaban J connectivity index is 0.868. The van der Waals surface area contributed by atoms with Crippen molar-refractivity contribution in [1.29, 1.82) is 0 Å². The van der Waals surface area contributed by atoms with Crippen molar-refractivity contribution in [2.45, 2.75) is 27.7 Å². The molecule has 0 radical (unpaired) electrons. The van der Waals surface area contributed by atoms with Crippen molar-refractivity contribution in [1.82, 2.24) is 0 Å². The number of hydrogen-bond donors (Lipinski definition) is 0. The molecule has 0 saturated heterocycles. The van der Waals surface area contributed by atoms with Crippen molar-refractivity contribution in [3.05, 3.63) is 402 Å². The lowest BCUT2D eigenvalue weighted by molar-refractivity contribution is 1.46. The molecule has 12 aromatic carbocycles. The largest absolute Gasteiger partial charge is 0.144 e.